The summed E-state index contributed by atoms with van der Waals surface area (Å²) in [5, 5.41) is 21.4. The zero-order valence-corrected chi connectivity index (χ0v) is 21.5. The molecule has 196 valence electrons. The zero-order valence-electron chi connectivity index (χ0n) is 20.7. The Bertz CT molecular complexity index is 1430. The van der Waals surface area contributed by atoms with Crippen molar-refractivity contribution in [1.29, 1.82) is 0 Å². The Morgan fingerprint density at radius 3 is 2.16 bits per heavy atom. The largest absolute Gasteiger partial charge is 0.508 e. The minimum Gasteiger partial charge on any atom is -0.508 e. The SMILES string of the molecule is COC(=O)c1ccc(CN2C(=O)C(=O)/C(=C(/O)c3cc(Cl)c(OC)cc3OC)C2c2ccc(O)cc2)cc1. The molecule has 1 heterocycles. The van der Waals surface area contributed by atoms with E-state index in [1.807, 2.05) is 0 Å². The van der Waals surface area contributed by atoms with E-state index in [-0.39, 0.29) is 34.2 Å². The second-order valence-electron chi connectivity index (χ2n) is 8.39. The average Bonchev–Trinajstić information content (AvgIpc) is 3.17. The van der Waals surface area contributed by atoms with Gasteiger partial charge in [-0.1, -0.05) is 35.9 Å². The molecule has 0 aromatic heterocycles. The Balaban J connectivity index is 1.85. The van der Waals surface area contributed by atoms with Crippen LogP contribution in [0.5, 0.6) is 17.2 Å². The van der Waals surface area contributed by atoms with Gasteiger partial charge in [0.2, 0.25) is 0 Å². The molecule has 0 aliphatic carbocycles. The Kier molecular flexibility index (Phi) is 7.59. The Morgan fingerprint density at radius 1 is 0.947 bits per heavy atom. The number of ketones is 1. The lowest BCUT2D eigenvalue weighted by molar-refractivity contribution is -0.140. The number of phenolic OH excluding ortho intramolecular Hbond substituents is 1. The molecule has 1 unspecified atom stereocenters. The third kappa shape index (κ3) is 4.88. The molecule has 0 radical (unpaired) electrons. The molecule has 0 spiro atoms. The van der Waals surface area contributed by atoms with Crippen molar-refractivity contribution in [2.75, 3.05) is 21.3 Å². The zero-order chi connectivity index (χ0) is 27.6. The number of esters is 1. The number of ether oxygens (including phenoxy) is 3. The van der Waals surface area contributed by atoms with Crippen LogP contribution in [0.4, 0.5) is 0 Å². The van der Waals surface area contributed by atoms with E-state index in [1.54, 1.807) is 36.4 Å². The van der Waals surface area contributed by atoms with Gasteiger partial charge in [0.15, 0.2) is 0 Å². The van der Waals surface area contributed by atoms with Gasteiger partial charge in [0.05, 0.1) is 49.1 Å². The Labute approximate surface area is 223 Å². The van der Waals surface area contributed by atoms with Crippen LogP contribution >= 0.6 is 11.6 Å². The van der Waals surface area contributed by atoms with Crippen LogP contribution in [0.3, 0.4) is 0 Å². The molecule has 1 aliphatic heterocycles. The maximum Gasteiger partial charge on any atom is 0.337 e. The van der Waals surface area contributed by atoms with E-state index >= 15 is 0 Å². The molecular weight excluding hydrogens is 514 g/mol. The highest BCUT2D eigenvalue weighted by atomic mass is 35.5. The quantitative estimate of drug-likeness (QED) is 0.196. The van der Waals surface area contributed by atoms with Crippen molar-refractivity contribution in [3.05, 3.63) is 93.5 Å². The van der Waals surface area contributed by atoms with Crippen molar-refractivity contribution in [2.45, 2.75) is 12.6 Å². The minimum atomic E-state index is -0.999. The summed E-state index contributed by atoms with van der Waals surface area (Å²) in [4.78, 5) is 39.7. The predicted molar refractivity (Wildman–Crippen MR) is 138 cm³/mol. The van der Waals surface area contributed by atoms with Crippen LogP contribution in [0.2, 0.25) is 5.02 Å². The van der Waals surface area contributed by atoms with Crippen molar-refractivity contribution < 1.29 is 38.8 Å². The summed E-state index contributed by atoms with van der Waals surface area (Å²) in [5.41, 5.74) is 1.37. The maximum absolute atomic E-state index is 13.3. The van der Waals surface area contributed by atoms with Gasteiger partial charge in [-0.05, 0) is 41.5 Å². The molecular formula is C28H24ClNO8. The number of carbonyl (C=O) groups excluding carboxylic acids is 3. The molecule has 0 bridgehead atoms. The predicted octanol–water partition coefficient (Wildman–Crippen LogP) is 4.47. The van der Waals surface area contributed by atoms with Crippen LogP contribution in [0.25, 0.3) is 5.76 Å². The third-order valence-electron chi connectivity index (χ3n) is 6.21. The number of aliphatic hydroxyl groups excluding tert-OH is 1. The number of likely N-dealkylation sites (tertiary alicyclic amines) is 1. The van der Waals surface area contributed by atoms with Gasteiger partial charge in [-0.3, -0.25) is 9.59 Å². The average molecular weight is 538 g/mol. The number of carbonyl (C=O) groups is 3. The number of nitrogens with zero attached hydrogens (tertiary/aromatic N) is 1. The summed E-state index contributed by atoms with van der Waals surface area (Å²) in [6.45, 7) is -0.00511. The monoisotopic (exact) mass is 537 g/mol. The fraction of sp³-hybridized carbons (Fsp3) is 0.179. The number of hydrogen-bond donors (Lipinski definition) is 2. The number of methoxy groups -OCH3 is 3. The molecule has 1 aliphatic rings. The lowest BCUT2D eigenvalue weighted by atomic mass is 9.94. The van der Waals surface area contributed by atoms with E-state index < -0.39 is 29.5 Å². The number of amides is 1. The molecule has 4 rings (SSSR count). The van der Waals surface area contributed by atoms with Crippen molar-refractivity contribution in [2.24, 2.45) is 0 Å². The van der Waals surface area contributed by atoms with E-state index in [2.05, 4.69) is 0 Å². The summed E-state index contributed by atoms with van der Waals surface area (Å²) in [5.74, 6) is -2.25. The lowest BCUT2D eigenvalue weighted by Crippen LogP contribution is -2.29. The van der Waals surface area contributed by atoms with Gasteiger partial charge in [0.25, 0.3) is 11.7 Å². The number of Topliss-reactive ketones (excluding diaryl/α,β-unsaturated/α-hetero) is 1. The van der Waals surface area contributed by atoms with Crippen LogP contribution < -0.4 is 9.47 Å². The van der Waals surface area contributed by atoms with Crippen molar-refractivity contribution in [1.82, 2.24) is 4.90 Å². The summed E-state index contributed by atoms with van der Waals surface area (Å²) in [6.07, 6.45) is 0. The highest BCUT2D eigenvalue weighted by Gasteiger charge is 2.46. The van der Waals surface area contributed by atoms with Gasteiger partial charge >= 0.3 is 5.97 Å². The van der Waals surface area contributed by atoms with Gasteiger partial charge < -0.3 is 29.3 Å². The molecule has 3 aromatic carbocycles. The van der Waals surface area contributed by atoms with Crippen molar-refractivity contribution in [3.63, 3.8) is 0 Å². The number of phenols is 1. The molecule has 1 fully saturated rings. The van der Waals surface area contributed by atoms with E-state index in [4.69, 9.17) is 25.8 Å². The van der Waals surface area contributed by atoms with Gasteiger partial charge in [0, 0.05) is 12.6 Å². The van der Waals surface area contributed by atoms with Crippen molar-refractivity contribution in [3.8, 4) is 17.2 Å². The van der Waals surface area contributed by atoms with Crippen LogP contribution in [0.1, 0.15) is 33.1 Å². The number of rotatable bonds is 7. The van der Waals surface area contributed by atoms with Crippen LogP contribution in [0.15, 0.2) is 66.2 Å². The van der Waals surface area contributed by atoms with E-state index in [1.165, 1.54) is 50.5 Å². The lowest BCUT2D eigenvalue weighted by Gasteiger charge is -2.25. The van der Waals surface area contributed by atoms with E-state index in [0.29, 0.717) is 22.4 Å². The standard InChI is InChI=1S/C28H24ClNO8/c1-36-21-13-22(37-2)20(29)12-19(21)25(32)23-24(16-8-10-18(31)11-9-16)30(27(34)26(23)33)14-15-4-6-17(7-5-15)28(35)38-3/h4-13,24,31-32H,14H2,1-3H3/b25-23+. The number of benzene rings is 3. The van der Waals surface area contributed by atoms with E-state index in [9.17, 15) is 24.6 Å². The maximum atomic E-state index is 13.3. The number of hydrogen-bond acceptors (Lipinski definition) is 8. The topological polar surface area (TPSA) is 123 Å². The molecule has 9 nitrogen and oxygen atoms in total. The third-order valence-corrected chi connectivity index (χ3v) is 6.50. The molecule has 38 heavy (non-hydrogen) atoms. The smallest absolute Gasteiger partial charge is 0.337 e. The number of halogens is 1. The summed E-state index contributed by atoms with van der Waals surface area (Å²) in [7, 11) is 4.08. The molecule has 2 N–H and O–H groups in total. The summed E-state index contributed by atoms with van der Waals surface area (Å²) < 4.78 is 15.3. The molecule has 0 saturated carbocycles. The Morgan fingerprint density at radius 2 is 1.58 bits per heavy atom. The summed E-state index contributed by atoms with van der Waals surface area (Å²) in [6, 6.07) is 14.2. The van der Waals surface area contributed by atoms with Crippen LogP contribution in [-0.4, -0.2) is 54.1 Å². The van der Waals surface area contributed by atoms with Crippen molar-refractivity contribution >= 4 is 35.0 Å². The highest BCUT2D eigenvalue weighted by molar-refractivity contribution is 6.46. The second-order valence-corrected chi connectivity index (χ2v) is 8.80. The second kappa shape index (κ2) is 10.9. The summed E-state index contributed by atoms with van der Waals surface area (Å²) >= 11 is 6.29. The van der Waals surface area contributed by atoms with E-state index in [0.717, 1.165) is 0 Å². The first-order valence-corrected chi connectivity index (χ1v) is 11.7. The normalized spacial score (nSPS) is 16.4. The molecule has 10 heteroatoms. The first kappa shape index (κ1) is 26.6. The van der Waals surface area contributed by atoms with Crippen LogP contribution in [-0.2, 0) is 20.9 Å². The van der Waals surface area contributed by atoms with Gasteiger partial charge in [-0.15, -0.1) is 0 Å². The first-order chi connectivity index (χ1) is 18.2. The molecule has 1 amide bonds. The fourth-order valence-corrected chi connectivity index (χ4v) is 4.54. The number of aromatic hydroxyl groups is 1. The molecule has 3 aromatic rings. The first-order valence-electron chi connectivity index (χ1n) is 11.4. The van der Waals surface area contributed by atoms with Gasteiger partial charge in [-0.25, -0.2) is 4.79 Å². The molecule has 1 atom stereocenters. The van der Waals surface area contributed by atoms with Gasteiger partial charge in [0.1, 0.15) is 23.0 Å². The highest BCUT2D eigenvalue weighted by Crippen LogP contribution is 2.43. The fourth-order valence-electron chi connectivity index (χ4n) is 4.30. The number of aliphatic hydroxyl groups is 1. The van der Waals surface area contributed by atoms with Crippen LogP contribution in [0, 0.1) is 0 Å². The molecule has 1 saturated heterocycles. The van der Waals surface area contributed by atoms with Gasteiger partial charge in [-0.2, -0.15) is 0 Å². The minimum absolute atomic E-state index is 0.00511. The Hall–Kier alpha value is -4.50.